The maximum absolute atomic E-state index is 11.9. The molecule has 0 aliphatic carbocycles. The number of aromatic nitrogens is 2. The maximum Gasteiger partial charge on any atom is 0.262 e. The zero-order valence-electron chi connectivity index (χ0n) is 10.2. The van der Waals surface area contributed by atoms with Crippen LogP contribution in [-0.2, 0) is 0 Å². The topological polar surface area (TPSA) is 74.8 Å². The van der Waals surface area contributed by atoms with Crippen molar-refractivity contribution in [3.8, 4) is 0 Å². The van der Waals surface area contributed by atoms with Crippen LogP contribution < -0.4 is 10.9 Å². The fourth-order valence-corrected chi connectivity index (χ4v) is 1.48. The zero-order valence-corrected chi connectivity index (χ0v) is 10.2. The monoisotopic (exact) mass is 243 g/mol. The second kappa shape index (κ2) is 4.83. The first-order chi connectivity index (χ1) is 8.56. The molecular weight excluding hydrogens is 230 g/mol. The summed E-state index contributed by atoms with van der Waals surface area (Å²) >= 11 is 0. The van der Waals surface area contributed by atoms with E-state index < -0.39 is 11.5 Å². The Morgan fingerprint density at radius 1 is 1.22 bits per heavy atom. The summed E-state index contributed by atoms with van der Waals surface area (Å²) in [4.78, 5) is 30.1. The minimum atomic E-state index is -0.465. The van der Waals surface area contributed by atoms with Crippen molar-refractivity contribution in [1.29, 1.82) is 0 Å². The second-order valence-electron chi connectivity index (χ2n) is 4.06. The maximum atomic E-state index is 11.9. The van der Waals surface area contributed by atoms with Crippen LogP contribution in [0.5, 0.6) is 0 Å². The number of hydrogen-bond acceptors (Lipinski definition) is 3. The summed E-state index contributed by atoms with van der Waals surface area (Å²) in [7, 11) is 0. The lowest BCUT2D eigenvalue weighted by molar-refractivity contribution is 0.102. The molecule has 2 heterocycles. The SMILES string of the molecule is Cc1ccc(NC(=O)c2ccc(C)[nH]c2=O)nc1. The zero-order chi connectivity index (χ0) is 13.1. The molecule has 0 bridgehead atoms. The van der Waals surface area contributed by atoms with Crippen LogP contribution in [0.25, 0.3) is 0 Å². The third-order valence-corrected chi connectivity index (χ3v) is 2.45. The van der Waals surface area contributed by atoms with Crippen LogP contribution in [0.15, 0.2) is 35.3 Å². The van der Waals surface area contributed by atoms with E-state index in [9.17, 15) is 9.59 Å². The summed E-state index contributed by atoms with van der Waals surface area (Å²) in [6, 6.07) is 6.70. The molecule has 0 aromatic carbocycles. The van der Waals surface area contributed by atoms with Gasteiger partial charge in [0.2, 0.25) is 0 Å². The molecule has 0 atom stereocenters. The predicted molar refractivity (Wildman–Crippen MR) is 68.7 cm³/mol. The first kappa shape index (κ1) is 12.0. The van der Waals surface area contributed by atoms with Gasteiger partial charge in [0, 0.05) is 11.9 Å². The van der Waals surface area contributed by atoms with Gasteiger partial charge in [-0.2, -0.15) is 0 Å². The van der Waals surface area contributed by atoms with E-state index in [4.69, 9.17) is 0 Å². The van der Waals surface area contributed by atoms with E-state index in [0.717, 1.165) is 5.56 Å². The highest BCUT2D eigenvalue weighted by molar-refractivity contribution is 6.03. The van der Waals surface area contributed by atoms with Gasteiger partial charge in [0.15, 0.2) is 0 Å². The number of carbonyl (C=O) groups excluding carboxylic acids is 1. The highest BCUT2D eigenvalue weighted by Gasteiger charge is 2.10. The van der Waals surface area contributed by atoms with Crippen molar-refractivity contribution in [3.63, 3.8) is 0 Å². The highest BCUT2D eigenvalue weighted by atomic mass is 16.2. The molecule has 0 aliphatic heterocycles. The van der Waals surface area contributed by atoms with Crippen molar-refractivity contribution in [3.05, 3.63) is 57.6 Å². The van der Waals surface area contributed by atoms with Gasteiger partial charge < -0.3 is 10.3 Å². The molecule has 2 aromatic heterocycles. The lowest BCUT2D eigenvalue weighted by Crippen LogP contribution is -2.23. The highest BCUT2D eigenvalue weighted by Crippen LogP contribution is 2.05. The molecular formula is C13H13N3O2. The minimum Gasteiger partial charge on any atom is -0.326 e. The molecule has 1 amide bonds. The fraction of sp³-hybridized carbons (Fsp3) is 0.154. The number of H-pyrrole nitrogens is 1. The molecule has 0 radical (unpaired) electrons. The van der Waals surface area contributed by atoms with Crippen molar-refractivity contribution >= 4 is 11.7 Å². The largest absolute Gasteiger partial charge is 0.326 e. The van der Waals surface area contributed by atoms with Crippen molar-refractivity contribution < 1.29 is 4.79 Å². The molecule has 2 N–H and O–H groups in total. The summed E-state index contributed by atoms with van der Waals surface area (Å²) in [5.41, 5.74) is 1.38. The van der Waals surface area contributed by atoms with Gasteiger partial charge in [0.1, 0.15) is 11.4 Å². The lowest BCUT2D eigenvalue weighted by Gasteiger charge is -2.04. The van der Waals surface area contributed by atoms with E-state index in [2.05, 4.69) is 15.3 Å². The van der Waals surface area contributed by atoms with E-state index in [0.29, 0.717) is 11.5 Å². The average molecular weight is 243 g/mol. The summed E-state index contributed by atoms with van der Waals surface area (Å²) < 4.78 is 0. The Morgan fingerprint density at radius 3 is 2.61 bits per heavy atom. The molecule has 2 aromatic rings. The number of anilines is 1. The van der Waals surface area contributed by atoms with Gasteiger partial charge in [0.25, 0.3) is 11.5 Å². The number of pyridine rings is 2. The molecule has 0 saturated carbocycles. The molecule has 0 unspecified atom stereocenters. The van der Waals surface area contributed by atoms with Crippen LogP contribution in [-0.4, -0.2) is 15.9 Å². The first-order valence-corrected chi connectivity index (χ1v) is 5.50. The average Bonchev–Trinajstić information content (AvgIpc) is 2.32. The molecule has 0 aliphatic rings. The van der Waals surface area contributed by atoms with E-state index in [-0.39, 0.29) is 5.56 Å². The van der Waals surface area contributed by atoms with Gasteiger partial charge >= 0.3 is 0 Å². The van der Waals surface area contributed by atoms with E-state index >= 15 is 0 Å². The molecule has 2 rings (SSSR count). The van der Waals surface area contributed by atoms with Gasteiger partial charge in [0.05, 0.1) is 0 Å². The normalized spacial score (nSPS) is 10.1. The number of nitrogens with zero attached hydrogens (tertiary/aromatic N) is 1. The third kappa shape index (κ3) is 2.63. The number of carbonyl (C=O) groups is 1. The second-order valence-corrected chi connectivity index (χ2v) is 4.06. The molecule has 92 valence electrons. The van der Waals surface area contributed by atoms with Gasteiger partial charge in [-0.1, -0.05) is 6.07 Å². The summed E-state index contributed by atoms with van der Waals surface area (Å²) in [6.07, 6.45) is 1.65. The van der Waals surface area contributed by atoms with Crippen molar-refractivity contribution in [2.45, 2.75) is 13.8 Å². The van der Waals surface area contributed by atoms with Crippen molar-refractivity contribution in [2.24, 2.45) is 0 Å². The van der Waals surface area contributed by atoms with Crippen LogP contribution in [0, 0.1) is 13.8 Å². The number of rotatable bonds is 2. The quantitative estimate of drug-likeness (QED) is 0.842. The Kier molecular flexibility index (Phi) is 3.23. The summed E-state index contributed by atoms with van der Waals surface area (Å²) in [5, 5.41) is 2.58. The molecule has 5 nitrogen and oxygen atoms in total. The number of amides is 1. The Bertz CT molecular complexity index is 629. The van der Waals surface area contributed by atoms with Crippen LogP contribution in [0.1, 0.15) is 21.6 Å². The van der Waals surface area contributed by atoms with E-state index in [1.165, 1.54) is 6.07 Å². The van der Waals surface area contributed by atoms with Crippen molar-refractivity contribution in [1.82, 2.24) is 9.97 Å². The van der Waals surface area contributed by atoms with Crippen molar-refractivity contribution in [2.75, 3.05) is 5.32 Å². The molecule has 0 saturated heterocycles. The number of hydrogen-bond donors (Lipinski definition) is 2. The van der Waals surface area contributed by atoms with Crippen LogP contribution >= 0.6 is 0 Å². The smallest absolute Gasteiger partial charge is 0.262 e. The van der Waals surface area contributed by atoms with Crippen LogP contribution in [0.4, 0.5) is 5.82 Å². The van der Waals surface area contributed by atoms with Crippen LogP contribution in [0.3, 0.4) is 0 Å². The summed E-state index contributed by atoms with van der Waals surface area (Å²) in [6.45, 7) is 3.66. The number of aromatic amines is 1. The lowest BCUT2D eigenvalue weighted by atomic mass is 10.2. The Labute approximate surface area is 104 Å². The van der Waals surface area contributed by atoms with Gasteiger partial charge in [-0.3, -0.25) is 9.59 Å². The van der Waals surface area contributed by atoms with Gasteiger partial charge in [-0.25, -0.2) is 4.98 Å². The van der Waals surface area contributed by atoms with E-state index in [1.54, 1.807) is 25.3 Å². The Hall–Kier alpha value is -2.43. The fourth-order valence-electron chi connectivity index (χ4n) is 1.48. The van der Waals surface area contributed by atoms with Crippen LogP contribution in [0.2, 0.25) is 0 Å². The van der Waals surface area contributed by atoms with Gasteiger partial charge in [-0.15, -0.1) is 0 Å². The first-order valence-electron chi connectivity index (χ1n) is 5.50. The number of nitrogens with one attached hydrogen (secondary N) is 2. The van der Waals surface area contributed by atoms with E-state index in [1.807, 2.05) is 13.0 Å². The number of aryl methyl sites for hydroxylation is 2. The molecule has 0 fully saturated rings. The molecule has 0 spiro atoms. The Balaban J connectivity index is 2.22. The minimum absolute atomic E-state index is 0.0722. The van der Waals surface area contributed by atoms with Gasteiger partial charge in [-0.05, 0) is 37.6 Å². The molecule has 18 heavy (non-hydrogen) atoms. The standard InChI is InChI=1S/C13H13N3O2/c1-8-3-6-11(14-7-8)16-13(18)10-5-4-9(2)15-12(10)17/h3-7H,1-2H3,(H,15,17)(H,14,16,18). The molecule has 5 heteroatoms. The third-order valence-electron chi connectivity index (χ3n) is 2.45. The summed E-state index contributed by atoms with van der Waals surface area (Å²) in [5.74, 6) is -0.0434. The predicted octanol–water partition coefficient (Wildman–Crippen LogP) is 1.64. The Morgan fingerprint density at radius 2 is 2.00 bits per heavy atom.